The van der Waals surface area contributed by atoms with E-state index in [1.165, 1.54) is 0 Å². The first-order chi connectivity index (χ1) is 9.42. The van der Waals surface area contributed by atoms with Gasteiger partial charge in [0.15, 0.2) is 0 Å². The van der Waals surface area contributed by atoms with Crippen LogP contribution in [0.1, 0.15) is 31.2 Å². The average molecular weight is 298 g/mol. The minimum Gasteiger partial charge on any atom is -0.398 e. The molecule has 0 radical (unpaired) electrons. The van der Waals surface area contributed by atoms with Crippen LogP contribution in [0.3, 0.4) is 0 Å². The van der Waals surface area contributed by atoms with Crippen LogP contribution in [0, 0.1) is 12.8 Å². The summed E-state index contributed by atoms with van der Waals surface area (Å²) in [5, 5.41) is 9.89. The molecule has 4 N–H and O–H groups in total. The Morgan fingerprint density at radius 3 is 2.70 bits per heavy atom. The minimum absolute atomic E-state index is 0.0104. The lowest BCUT2D eigenvalue weighted by Gasteiger charge is -2.27. The first kappa shape index (κ1) is 15.3. The molecular weight excluding hydrogens is 276 g/mol. The predicted octanol–water partition coefficient (Wildman–Crippen LogP) is 1.41. The molecule has 2 atom stereocenters. The van der Waals surface area contributed by atoms with Gasteiger partial charge in [0.25, 0.3) is 0 Å². The standard InChI is InChI=1S/C14H22N2O3S/c1-10-5-4-7-12(15)14(10)20(18,19)16-9-11-6-2-3-8-13(11)17/h4-5,7,11,13,16-17H,2-3,6,8-9,15H2,1H3. The summed E-state index contributed by atoms with van der Waals surface area (Å²) in [7, 11) is -3.63. The second-order valence-electron chi connectivity index (χ2n) is 5.46. The van der Waals surface area contributed by atoms with Gasteiger partial charge in [0, 0.05) is 6.54 Å². The summed E-state index contributed by atoms with van der Waals surface area (Å²) >= 11 is 0. The molecule has 112 valence electrons. The van der Waals surface area contributed by atoms with Crippen LogP contribution in [0.25, 0.3) is 0 Å². The highest BCUT2D eigenvalue weighted by Gasteiger charge is 2.26. The number of aliphatic hydroxyl groups excluding tert-OH is 1. The first-order valence-corrected chi connectivity index (χ1v) is 8.43. The molecule has 1 fully saturated rings. The molecule has 20 heavy (non-hydrogen) atoms. The SMILES string of the molecule is Cc1cccc(N)c1S(=O)(=O)NCC1CCCCC1O. The van der Waals surface area contributed by atoms with Crippen molar-refractivity contribution in [2.45, 2.75) is 43.6 Å². The lowest BCUT2D eigenvalue weighted by atomic mass is 9.87. The van der Waals surface area contributed by atoms with Gasteiger partial charge in [-0.25, -0.2) is 13.1 Å². The van der Waals surface area contributed by atoms with Gasteiger partial charge in [-0.05, 0) is 37.3 Å². The molecule has 0 amide bonds. The summed E-state index contributed by atoms with van der Waals surface area (Å²) in [5.74, 6) is -0.0104. The number of aliphatic hydroxyl groups is 1. The van der Waals surface area contributed by atoms with Gasteiger partial charge in [-0.15, -0.1) is 0 Å². The van der Waals surface area contributed by atoms with Gasteiger partial charge in [0.1, 0.15) is 4.90 Å². The van der Waals surface area contributed by atoms with E-state index in [1.807, 2.05) is 0 Å². The van der Waals surface area contributed by atoms with Crippen molar-refractivity contribution in [2.75, 3.05) is 12.3 Å². The summed E-state index contributed by atoms with van der Waals surface area (Å²) in [4.78, 5) is 0.144. The van der Waals surface area contributed by atoms with Crippen LogP contribution in [0.5, 0.6) is 0 Å². The smallest absolute Gasteiger partial charge is 0.242 e. The van der Waals surface area contributed by atoms with Crippen LogP contribution >= 0.6 is 0 Å². The van der Waals surface area contributed by atoms with Gasteiger partial charge < -0.3 is 10.8 Å². The van der Waals surface area contributed by atoms with Crippen molar-refractivity contribution < 1.29 is 13.5 Å². The Morgan fingerprint density at radius 2 is 2.05 bits per heavy atom. The van der Waals surface area contributed by atoms with Crippen LogP contribution < -0.4 is 10.5 Å². The number of benzene rings is 1. The van der Waals surface area contributed by atoms with Gasteiger partial charge in [-0.3, -0.25) is 0 Å². The van der Waals surface area contributed by atoms with Crippen LogP contribution in [-0.2, 0) is 10.0 Å². The zero-order valence-electron chi connectivity index (χ0n) is 11.7. The molecule has 0 aliphatic heterocycles. The third-order valence-electron chi connectivity index (χ3n) is 3.92. The van der Waals surface area contributed by atoms with E-state index in [2.05, 4.69) is 4.72 Å². The highest BCUT2D eigenvalue weighted by molar-refractivity contribution is 7.89. The summed E-state index contributed by atoms with van der Waals surface area (Å²) in [5.41, 5.74) is 6.65. The molecule has 5 nitrogen and oxygen atoms in total. The van der Waals surface area contributed by atoms with Gasteiger partial charge in [-0.1, -0.05) is 25.0 Å². The molecule has 1 saturated carbocycles. The van der Waals surface area contributed by atoms with Crippen molar-refractivity contribution in [3.8, 4) is 0 Å². The number of nitrogen functional groups attached to an aromatic ring is 1. The van der Waals surface area contributed by atoms with Crippen LogP contribution in [0.4, 0.5) is 5.69 Å². The fraction of sp³-hybridized carbons (Fsp3) is 0.571. The number of anilines is 1. The number of rotatable bonds is 4. The monoisotopic (exact) mass is 298 g/mol. The molecule has 6 heteroatoms. The van der Waals surface area contributed by atoms with Gasteiger partial charge in [0.2, 0.25) is 10.0 Å². The van der Waals surface area contributed by atoms with E-state index in [9.17, 15) is 13.5 Å². The molecular formula is C14H22N2O3S. The van der Waals surface area contributed by atoms with Crippen molar-refractivity contribution in [1.82, 2.24) is 4.72 Å². The first-order valence-electron chi connectivity index (χ1n) is 6.94. The average Bonchev–Trinajstić information content (AvgIpc) is 2.37. The number of nitrogens with two attached hydrogens (primary N) is 1. The number of aryl methyl sites for hydroxylation is 1. The summed E-state index contributed by atoms with van der Waals surface area (Å²) < 4.78 is 27.3. The van der Waals surface area contributed by atoms with Crippen LogP contribution in [0.15, 0.2) is 23.1 Å². The number of nitrogens with one attached hydrogen (secondary N) is 1. The molecule has 1 aromatic rings. The Bertz CT molecular complexity index is 552. The maximum Gasteiger partial charge on any atom is 0.242 e. The molecule has 0 saturated heterocycles. The van der Waals surface area contributed by atoms with E-state index in [4.69, 9.17) is 5.73 Å². The summed E-state index contributed by atoms with van der Waals surface area (Å²) in [6.07, 6.45) is 3.23. The molecule has 0 aromatic heterocycles. The lowest BCUT2D eigenvalue weighted by Crippen LogP contribution is -2.37. The molecule has 0 bridgehead atoms. The predicted molar refractivity (Wildman–Crippen MR) is 78.7 cm³/mol. The van der Waals surface area contributed by atoms with E-state index < -0.39 is 16.1 Å². The highest BCUT2D eigenvalue weighted by atomic mass is 32.2. The topological polar surface area (TPSA) is 92.4 Å². The molecule has 0 spiro atoms. The second-order valence-corrected chi connectivity index (χ2v) is 7.16. The number of hydrogen-bond donors (Lipinski definition) is 3. The van der Waals surface area contributed by atoms with Crippen molar-refractivity contribution in [1.29, 1.82) is 0 Å². The lowest BCUT2D eigenvalue weighted by molar-refractivity contribution is 0.0724. The third kappa shape index (κ3) is 3.31. The summed E-state index contributed by atoms with van der Waals surface area (Å²) in [6, 6.07) is 5.03. The number of hydrogen-bond acceptors (Lipinski definition) is 4. The summed E-state index contributed by atoms with van der Waals surface area (Å²) in [6.45, 7) is 1.98. The Balaban J connectivity index is 2.11. The highest BCUT2D eigenvalue weighted by Crippen LogP contribution is 2.25. The van der Waals surface area contributed by atoms with E-state index in [-0.39, 0.29) is 23.0 Å². The van der Waals surface area contributed by atoms with E-state index in [0.717, 1.165) is 25.7 Å². The third-order valence-corrected chi connectivity index (χ3v) is 5.56. The Hall–Kier alpha value is -1.11. The van der Waals surface area contributed by atoms with Gasteiger partial charge in [-0.2, -0.15) is 0 Å². The van der Waals surface area contributed by atoms with Crippen LogP contribution in [0.2, 0.25) is 0 Å². The fourth-order valence-electron chi connectivity index (χ4n) is 2.76. The Labute approximate surface area is 120 Å². The largest absolute Gasteiger partial charge is 0.398 e. The quantitative estimate of drug-likeness (QED) is 0.733. The maximum absolute atomic E-state index is 12.4. The van der Waals surface area contributed by atoms with E-state index in [0.29, 0.717) is 5.56 Å². The molecule has 2 rings (SSSR count). The van der Waals surface area contributed by atoms with Gasteiger partial charge >= 0.3 is 0 Å². The Kier molecular flexibility index (Phi) is 4.67. The van der Waals surface area contributed by atoms with E-state index >= 15 is 0 Å². The molecule has 1 aliphatic carbocycles. The normalized spacial score (nSPS) is 23.7. The molecule has 2 unspecified atom stereocenters. The van der Waals surface area contributed by atoms with Crippen molar-refractivity contribution in [3.05, 3.63) is 23.8 Å². The van der Waals surface area contributed by atoms with Gasteiger partial charge in [0.05, 0.1) is 11.8 Å². The minimum atomic E-state index is -3.63. The molecule has 1 aromatic carbocycles. The molecule has 1 aliphatic rings. The fourth-order valence-corrected chi connectivity index (χ4v) is 4.21. The van der Waals surface area contributed by atoms with Crippen molar-refractivity contribution in [3.63, 3.8) is 0 Å². The van der Waals surface area contributed by atoms with Crippen LogP contribution in [-0.4, -0.2) is 26.2 Å². The zero-order chi connectivity index (χ0) is 14.8. The number of sulfonamides is 1. The molecule has 0 heterocycles. The van der Waals surface area contributed by atoms with Crippen molar-refractivity contribution in [2.24, 2.45) is 5.92 Å². The second kappa shape index (κ2) is 6.11. The maximum atomic E-state index is 12.4. The van der Waals surface area contributed by atoms with Crippen molar-refractivity contribution >= 4 is 15.7 Å². The Morgan fingerprint density at radius 1 is 1.35 bits per heavy atom. The van der Waals surface area contributed by atoms with E-state index in [1.54, 1.807) is 25.1 Å². The zero-order valence-corrected chi connectivity index (χ0v) is 12.5.